The lowest BCUT2D eigenvalue weighted by Crippen LogP contribution is -2.34. The Bertz CT molecular complexity index is 1150. The number of amides is 1. The Kier molecular flexibility index (Phi) is 8.01. The Morgan fingerprint density at radius 1 is 1.09 bits per heavy atom. The van der Waals surface area contributed by atoms with E-state index in [1.165, 1.54) is 0 Å². The maximum Gasteiger partial charge on any atom is 0.244 e. The van der Waals surface area contributed by atoms with Crippen LogP contribution in [0.5, 0.6) is 17.2 Å². The molecule has 1 amide bonds. The van der Waals surface area contributed by atoms with Gasteiger partial charge in [-0.2, -0.15) is 0 Å². The standard InChI is InChI=1S/C26H31NO6/c1-7-32-23-13-24-20(12-19(23)16(2)10-26(28)27-17(3)14-29-4)21(15-33-24)18-8-9-22(30-5)25(11-18)31-6/h8-13,15,17H,7,14H2,1-6H3,(H,27,28)/b16-10+. The van der Waals surface area contributed by atoms with Gasteiger partial charge < -0.3 is 28.7 Å². The number of furan rings is 1. The van der Waals surface area contributed by atoms with Crippen LogP contribution in [0.25, 0.3) is 27.7 Å². The normalized spacial score (nSPS) is 12.5. The van der Waals surface area contributed by atoms with Gasteiger partial charge in [-0.25, -0.2) is 0 Å². The second-order valence-corrected chi connectivity index (χ2v) is 7.69. The monoisotopic (exact) mass is 453 g/mol. The zero-order valence-corrected chi connectivity index (χ0v) is 20.0. The number of allylic oxidation sites excluding steroid dienone is 1. The molecule has 3 rings (SSSR count). The van der Waals surface area contributed by atoms with Crippen molar-refractivity contribution in [2.75, 3.05) is 34.5 Å². The summed E-state index contributed by atoms with van der Waals surface area (Å²) >= 11 is 0. The van der Waals surface area contributed by atoms with E-state index in [1.807, 2.05) is 51.1 Å². The molecular formula is C26H31NO6. The van der Waals surface area contributed by atoms with E-state index in [1.54, 1.807) is 33.7 Å². The quantitative estimate of drug-likeness (QED) is 0.432. The Morgan fingerprint density at radius 2 is 1.85 bits per heavy atom. The molecular weight excluding hydrogens is 422 g/mol. The van der Waals surface area contributed by atoms with E-state index in [0.717, 1.165) is 27.6 Å². The molecule has 0 spiro atoms. The number of hydrogen-bond donors (Lipinski definition) is 1. The molecule has 0 fully saturated rings. The first-order valence-electron chi connectivity index (χ1n) is 10.8. The summed E-state index contributed by atoms with van der Waals surface area (Å²) in [5.74, 6) is 1.76. The maximum absolute atomic E-state index is 12.5. The first-order chi connectivity index (χ1) is 15.9. The minimum absolute atomic E-state index is 0.0917. The highest BCUT2D eigenvalue weighted by Gasteiger charge is 2.17. The van der Waals surface area contributed by atoms with E-state index in [9.17, 15) is 4.79 Å². The van der Waals surface area contributed by atoms with Gasteiger partial charge in [-0.3, -0.25) is 4.79 Å². The lowest BCUT2D eigenvalue weighted by Gasteiger charge is -2.14. The fourth-order valence-electron chi connectivity index (χ4n) is 3.72. The summed E-state index contributed by atoms with van der Waals surface area (Å²) in [6.07, 6.45) is 3.29. The second-order valence-electron chi connectivity index (χ2n) is 7.69. The van der Waals surface area contributed by atoms with Gasteiger partial charge in [-0.15, -0.1) is 0 Å². The molecule has 1 atom stereocenters. The summed E-state index contributed by atoms with van der Waals surface area (Å²) in [4.78, 5) is 12.5. The van der Waals surface area contributed by atoms with Crippen molar-refractivity contribution in [3.8, 4) is 28.4 Å². The van der Waals surface area contributed by atoms with Gasteiger partial charge in [0.25, 0.3) is 0 Å². The van der Waals surface area contributed by atoms with E-state index in [-0.39, 0.29) is 11.9 Å². The van der Waals surface area contributed by atoms with Gasteiger partial charge in [0.2, 0.25) is 5.91 Å². The van der Waals surface area contributed by atoms with Gasteiger partial charge >= 0.3 is 0 Å². The summed E-state index contributed by atoms with van der Waals surface area (Å²) in [7, 11) is 4.82. The molecule has 0 aliphatic rings. The molecule has 1 heterocycles. The Hall–Kier alpha value is -3.45. The molecule has 0 radical (unpaired) electrons. The van der Waals surface area contributed by atoms with Crippen molar-refractivity contribution in [1.29, 1.82) is 0 Å². The van der Waals surface area contributed by atoms with Crippen LogP contribution in [0.4, 0.5) is 0 Å². The molecule has 3 aromatic rings. The minimum atomic E-state index is -0.188. The molecule has 2 aromatic carbocycles. The Morgan fingerprint density at radius 3 is 2.52 bits per heavy atom. The van der Waals surface area contributed by atoms with Crippen LogP contribution < -0.4 is 19.5 Å². The number of fused-ring (bicyclic) bond motifs is 1. The first-order valence-corrected chi connectivity index (χ1v) is 10.8. The molecule has 176 valence electrons. The molecule has 33 heavy (non-hydrogen) atoms. The van der Waals surface area contributed by atoms with Gasteiger partial charge in [-0.05, 0) is 50.1 Å². The van der Waals surface area contributed by atoms with E-state index >= 15 is 0 Å². The summed E-state index contributed by atoms with van der Waals surface area (Å²) in [5, 5.41) is 3.80. The molecule has 7 heteroatoms. The molecule has 0 saturated carbocycles. The second kappa shape index (κ2) is 10.9. The average molecular weight is 454 g/mol. The molecule has 0 saturated heterocycles. The van der Waals surface area contributed by atoms with Crippen LogP contribution >= 0.6 is 0 Å². The van der Waals surface area contributed by atoms with E-state index in [2.05, 4.69) is 5.32 Å². The zero-order valence-electron chi connectivity index (χ0n) is 20.0. The molecule has 0 aliphatic heterocycles. The van der Waals surface area contributed by atoms with Crippen molar-refractivity contribution >= 4 is 22.4 Å². The van der Waals surface area contributed by atoms with Crippen molar-refractivity contribution in [2.24, 2.45) is 0 Å². The van der Waals surface area contributed by atoms with E-state index in [0.29, 0.717) is 36.0 Å². The third kappa shape index (κ3) is 5.49. The van der Waals surface area contributed by atoms with Gasteiger partial charge in [0.15, 0.2) is 11.5 Å². The first kappa shape index (κ1) is 24.2. The van der Waals surface area contributed by atoms with Crippen LogP contribution in [-0.2, 0) is 9.53 Å². The van der Waals surface area contributed by atoms with Crippen molar-refractivity contribution in [3.05, 3.63) is 48.2 Å². The highest BCUT2D eigenvalue weighted by Crippen LogP contribution is 2.40. The number of hydrogen-bond acceptors (Lipinski definition) is 6. The lowest BCUT2D eigenvalue weighted by molar-refractivity contribution is -0.117. The van der Waals surface area contributed by atoms with Crippen LogP contribution in [-0.4, -0.2) is 46.5 Å². The fourth-order valence-corrected chi connectivity index (χ4v) is 3.72. The predicted octanol–water partition coefficient (Wildman–Crippen LogP) is 5.07. The van der Waals surface area contributed by atoms with Crippen LogP contribution in [0.3, 0.4) is 0 Å². The number of nitrogens with one attached hydrogen (secondary N) is 1. The lowest BCUT2D eigenvalue weighted by atomic mass is 9.99. The van der Waals surface area contributed by atoms with Crippen LogP contribution in [0.1, 0.15) is 26.3 Å². The van der Waals surface area contributed by atoms with Gasteiger partial charge in [-0.1, -0.05) is 6.07 Å². The van der Waals surface area contributed by atoms with E-state index < -0.39 is 0 Å². The van der Waals surface area contributed by atoms with Crippen molar-refractivity contribution in [3.63, 3.8) is 0 Å². The van der Waals surface area contributed by atoms with Crippen LogP contribution in [0.2, 0.25) is 0 Å². The SMILES string of the molecule is CCOc1cc2occ(-c3ccc(OC)c(OC)c3)c2cc1/C(C)=C/C(=O)NC(C)COC. The third-order valence-electron chi connectivity index (χ3n) is 5.25. The topological polar surface area (TPSA) is 79.2 Å². The zero-order chi connectivity index (χ0) is 24.0. The molecule has 7 nitrogen and oxygen atoms in total. The van der Waals surface area contributed by atoms with Crippen molar-refractivity contribution in [1.82, 2.24) is 5.32 Å². The number of carbonyl (C=O) groups is 1. The minimum Gasteiger partial charge on any atom is -0.493 e. The van der Waals surface area contributed by atoms with Gasteiger partial charge in [0, 0.05) is 41.8 Å². The summed E-state index contributed by atoms with van der Waals surface area (Å²) in [5.41, 5.74) is 4.12. The van der Waals surface area contributed by atoms with Gasteiger partial charge in [0.1, 0.15) is 11.3 Å². The largest absolute Gasteiger partial charge is 0.493 e. The molecule has 1 N–H and O–H groups in total. The van der Waals surface area contributed by atoms with Crippen LogP contribution in [0, 0.1) is 0 Å². The number of carbonyl (C=O) groups excluding carboxylic acids is 1. The fraction of sp³-hybridized carbons (Fsp3) is 0.346. The Balaban J connectivity index is 2.05. The summed E-state index contributed by atoms with van der Waals surface area (Å²) < 4.78 is 27.6. The number of methoxy groups -OCH3 is 3. The van der Waals surface area contributed by atoms with Crippen molar-refractivity contribution in [2.45, 2.75) is 26.8 Å². The highest BCUT2D eigenvalue weighted by molar-refractivity contribution is 6.00. The summed E-state index contributed by atoms with van der Waals surface area (Å²) in [6, 6.07) is 9.49. The third-order valence-corrected chi connectivity index (χ3v) is 5.25. The van der Waals surface area contributed by atoms with E-state index in [4.69, 9.17) is 23.4 Å². The summed E-state index contributed by atoms with van der Waals surface area (Å²) in [6.45, 7) is 6.64. The highest BCUT2D eigenvalue weighted by atomic mass is 16.5. The van der Waals surface area contributed by atoms with Gasteiger partial charge in [0.05, 0.1) is 33.7 Å². The van der Waals surface area contributed by atoms with Crippen LogP contribution in [0.15, 0.2) is 47.1 Å². The number of benzene rings is 2. The maximum atomic E-state index is 12.5. The smallest absolute Gasteiger partial charge is 0.244 e. The van der Waals surface area contributed by atoms with Crippen molar-refractivity contribution < 1.29 is 28.2 Å². The molecule has 1 unspecified atom stereocenters. The average Bonchev–Trinajstić information content (AvgIpc) is 3.21. The number of ether oxygens (including phenoxy) is 4. The molecule has 0 bridgehead atoms. The molecule has 0 aliphatic carbocycles. The Labute approximate surface area is 194 Å². The molecule has 1 aromatic heterocycles. The predicted molar refractivity (Wildman–Crippen MR) is 129 cm³/mol. The number of rotatable bonds is 10.